The number of hydrogen-bond acceptors (Lipinski definition) is 4. The third kappa shape index (κ3) is 3.58. The van der Waals surface area contributed by atoms with Gasteiger partial charge in [-0.15, -0.1) is 0 Å². The highest BCUT2D eigenvalue weighted by molar-refractivity contribution is 5.89. The van der Waals surface area contributed by atoms with Crippen LogP contribution in [0.3, 0.4) is 0 Å². The molecule has 1 saturated heterocycles. The van der Waals surface area contributed by atoms with Crippen LogP contribution in [0.4, 0.5) is 0 Å². The first-order chi connectivity index (χ1) is 9.63. The van der Waals surface area contributed by atoms with Crippen molar-refractivity contribution in [3.8, 4) is 0 Å². The van der Waals surface area contributed by atoms with Crippen molar-refractivity contribution < 1.29 is 9.53 Å². The summed E-state index contributed by atoms with van der Waals surface area (Å²) >= 11 is 0. The van der Waals surface area contributed by atoms with E-state index in [4.69, 9.17) is 10.5 Å². The fourth-order valence-corrected chi connectivity index (χ4v) is 2.90. The van der Waals surface area contributed by atoms with Crippen LogP contribution in [0.5, 0.6) is 0 Å². The number of methoxy groups -OCH3 is 1. The molecular formula is C16H24N2O2. The number of carbonyl (C=O) groups is 1. The molecule has 4 nitrogen and oxygen atoms in total. The lowest BCUT2D eigenvalue weighted by molar-refractivity contribution is 0.0600. The maximum absolute atomic E-state index is 11.6. The van der Waals surface area contributed by atoms with E-state index in [-0.39, 0.29) is 5.97 Å². The largest absolute Gasteiger partial charge is 0.465 e. The molecule has 1 fully saturated rings. The Morgan fingerprint density at radius 2 is 2.30 bits per heavy atom. The van der Waals surface area contributed by atoms with E-state index in [0.717, 1.165) is 31.0 Å². The van der Waals surface area contributed by atoms with E-state index in [0.29, 0.717) is 18.2 Å². The predicted molar refractivity (Wildman–Crippen MR) is 79.4 cm³/mol. The summed E-state index contributed by atoms with van der Waals surface area (Å²) in [6.07, 6.45) is 2.38. The minimum absolute atomic E-state index is 0.283. The molecule has 110 valence electrons. The second kappa shape index (κ2) is 6.86. The average Bonchev–Trinajstić information content (AvgIpc) is 2.48. The van der Waals surface area contributed by atoms with E-state index in [1.54, 1.807) is 6.07 Å². The molecule has 1 aliphatic rings. The number of carbonyl (C=O) groups excluding carboxylic acids is 1. The van der Waals surface area contributed by atoms with Crippen LogP contribution in [0.1, 0.15) is 35.7 Å². The molecule has 2 N–H and O–H groups in total. The zero-order chi connectivity index (χ0) is 14.5. The normalized spacial score (nSPS) is 23.6. The molecule has 0 saturated carbocycles. The van der Waals surface area contributed by atoms with Crippen molar-refractivity contribution in [2.45, 2.75) is 32.4 Å². The summed E-state index contributed by atoms with van der Waals surface area (Å²) in [4.78, 5) is 14.0. The Kier molecular flexibility index (Phi) is 5.15. The molecule has 20 heavy (non-hydrogen) atoms. The highest BCUT2D eigenvalue weighted by Gasteiger charge is 2.25. The zero-order valence-electron chi connectivity index (χ0n) is 12.3. The van der Waals surface area contributed by atoms with E-state index in [1.807, 2.05) is 12.1 Å². The number of likely N-dealkylation sites (tertiary alicyclic amines) is 1. The standard InChI is InChI=1S/C16H24N2O2/c1-12-6-7-18(15(8-12)10-17)11-13-4-3-5-14(9-13)16(19)20-2/h3-5,9,12,15H,6-8,10-11,17H2,1-2H3. The van der Waals surface area contributed by atoms with Crippen molar-refractivity contribution >= 4 is 5.97 Å². The molecule has 1 aromatic rings. The van der Waals surface area contributed by atoms with Gasteiger partial charge in [-0.05, 0) is 43.0 Å². The summed E-state index contributed by atoms with van der Waals surface area (Å²) in [7, 11) is 1.41. The number of ether oxygens (including phenoxy) is 1. The lowest BCUT2D eigenvalue weighted by Crippen LogP contribution is -2.45. The number of piperidine rings is 1. The summed E-state index contributed by atoms with van der Waals surface area (Å²) < 4.78 is 4.77. The predicted octanol–water partition coefficient (Wildman–Crippen LogP) is 2.03. The van der Waals surface area contributed by atoms with Crippen molar-refractivity contribution in [3.05, 3.63) is 35.4 Å². The maximum atomic E-state index is 11.6. The summed E-state index contributed by atoms with van der Waals surface area (Å²) in [5.41, 5.74) is 7.64. The van der Waals surface area contributed by atoms with E-state index >= 15 is 0 Å². The first-order valence-corrected chi connectivity index (χ1v) is 7.25. The van der Waals surface area contributed by atoms with Crippen molar-refractivity contribution in [3.63, 3.8) is 0 Å². The van der Waals surface area contributed by atoms with Gasteiger partial charge in [-0.2, -0.15) is 0 Å². The monoisotopic (exact) mass is 276 g/mol. The molecule has 0 amide bonds. The van der Waals surface area contributed by atoms with Gasteiger partial charge in [-0.25, -0.2) is 4.79 Å². The molecule has 2 rings (SSSR count). The van der Waals surface area contributed by atoms with Gasteiger partial charge < -0.3 is 10.5 Å². The third-order valence-corrected chi connectivity index (χ3v) is 4.11. The number of esters is 1. The van der Waals surface area contributed by atoms with E-state index in [2.05, 4.69) is 17.9 Å². The van der Waals surface area contributed by atoms with Crippen LogP contribution in [0.15, 0.2) is 24.3 Å². The lowest BCUT2D eigenvalue weighted by atomic mass is 9.92. The van der Waals surface area contributed by atoms with Gasteiger partial charge in [0, 0.05) is 19.1 Å². The molecule has 2 unspecified atom stereocenters. The Morgan fingerprint density at radius 1 is 1.50 bits per heavy atom. The van der Waals surface area contributed by atoms with Crippen molar-refractivity contribution in [2.75, 3.05) is 20.2 Å². The minimum atomic E-state index is -0.283. The summed E-state index contributed by atoms with van der Waals surface area (Å²) in [6.45, 7) is 4.91. The molecule has 0 spiro atoms. The van der Waals surface area contributed by atoms with Gasteiger partial charge in [-0.1, -0.05) is 19.1 Å². The Morgan fingerprint density at radius 3 is 3.00 bits per heavy atom. The molecule has 2 atom stereocenters. The SMILES string of the molecule is COC(=O)c1cccc(CN2CCC(C)CC2CN)c1. The summed E-state index contributed by atoms with van der Waals surface area (Å²) in [6, 6.07) is 8.11. The molecule has 1 aromatic carbocycles. The van der Waals surface area contributed by atoms with Crippen molar-refractivity contribution in [2.24, 2.45) is 11.7 Å². The van der Waals surface area contributed by atoms with Crippen LogP contribution in [-0.2, 0) is 11.3 Å². The van der Waals surface area contributed by atoms with E-state index in [9.17, 15) is 4.79 Å². The van der Waals surface area contributed by atoms with Crippen molar-refractivity contribution in [1.29, 1.82) is 0 Å². The number of nitrogens with two attached hydrogens (primary N) is 1. The van der Waals surface area contributed by atoms with Gasteiger partial charge in [0.15, 0.2) is 0 Å². The Labute approximate surface area is 120 Å². The minimum Gasteiger partial charge on any atom is -0.465 e. The first-order valence-electron chi connectivity index (χ1n) is 7.25. The van der Waals surface area contributed by atoms with Crippen LogP contribution < -0.4 is 5.73 Å². The topological polar surface area (TPSA) is 55.6 Å². The van der Waals surface area contributed by atoms with Crippen LogP contribution in [0.25, 0.3) is 0 Å². The van der Waals surface area contributed by atoms with Gasteiger partial charge in [-0.3, -0.25) is 4.90 Å². The van der Waals surface area contributed by atoms with Crippen LogP contribution in [-0.4, -0.2) is 37.1 Å². The molecule has 1 aliphatic heterocycles. The van der Waals surface area contributed by atoms with Crippen molar-refractivity contribution in [1.82, 2.24) is 4.90 Å². The fraction of sp³-hybridized carbons (Fsp3) is 0.562. The number of nitrogens with zero attached hydrogens (tertiary/aromatic N) is 1. The molecule has 0 aliphatic carbocycles. The van der Waals surface area contributed by atoms with E-state index in [1.165, 1.54) is 13.5 Å². The highest BCUT2D eigenvalue weighted by atomic mass is 16.5. The maximum Gasteiger partial charge on any atom is 0.337 e. The molecule has 0 bridgehead atoms. The highest BCUT2D eigenvalue weighted by Crippen LogP contribution is 2.23. The first kappa shape index (κ1) is 15.0. The Hall–Kier alpha value is -1.39. The number of rotatable bonds is 4. The van der Waals surface area contributed by atoms with Gasteiger partial charge in [0.25, 0.3) is 0 Å². The summed E-state index contributed by atoms with van der Waals surface area (Å²) in [5, 5.41) is 0. The van der Waals surface area contributed by atoms with Crippen LogP contribution >= 0.6 is 0 Å². The molecular weight excluding hydrogens is 252 g/mol. The van der Waals surface area contributed by atoms with Gasteiger partial charge in [0.1, 0.15) is 0 Å². The third-order valence-electron chi connectivity index (χ3n) is 4.11. The molecule has 1 heterocycles. The second-order valence-electron chi connectivity index (χ2n) is 5.68. The lowest BCUT2D eigenvalue weighted by Gasteiger charge is -2.38. The Bertz CT molecular complexity index is 462. The number of benzene rings is 1. The molecule has 0 aromatic heterocycles. The molecule has 0 radical (unpaired) electrons. The smallest absolute Gasteiger partial charge is 0.337 e. The van der Waals surface area contributed by atoms with Gasteiger partial charge >= 0.3 is 5.97 Å². The van der Waals surface area contributed by atoms with Gasteiger partial charge in [0.05, 0.1) is 12.7 Å². The van der Waals surface area contributed by atoms with Crippen LogP contribution in [0.2, 0.25) is 0 Å². The van der Waals surface area contributed by atoms with Gasteiger partial charge in [0.2, 0.25) is 0 Å². The van der Waals surface area contributed by atoms with E-state index < -0.39 is 0 Å². The molecule has 4 heteroatoms. The zero-order valence-corrected chi connectivity index (χ0v) is 12.3. The Balaban J connectivity index is 2.07. The van der Waals surface area contributed by atoms with Crippen LogP contribution in [0, 0.1) is 5.92 Å². The second-order valence-corrected chi connectivity index (χ2v) is 5.68. The summed E-state index contributed by atoms with van der Waals surface area (Å²) in [5.74, 6) is 0.468. The number of hydrogen-bond donors (Lipinski definition) is 1. The fourth-order valence-electron chi connectivity index (χ4n) is 2.90. The quantitative estimate of drug-likeness (QED) is 0.855. The average molecular weight is 276 g/mol.